The minimum atomic E-state index is -1.15. The number of aliphatic hydroxyl groups is 1. The zero-order valence-corrected chi connectivity index (χ0v) is 11.6. The second kappa shape index (κ2) is 5.33. The highest BCUT2D eigenvalue weighted by Crippen LogP contribution is 2.38. The molecule has 0 atom stereocenters. The zero-order valence-electron chi connectivity index (χ0n) is 11.6. The second-order valence-electron chi connectivity index (χ2n) is 5.46. The topological polar surface area (TPSA) is 83.6 Å². The molecular formula is C16H17NO4. The summed E-state index contributed by atoms with van der Waals surface area (Å²) >= 11 is 0. The molecule has 21 heavy (non-hydrogen) atoms. The highest BCUT2D eigenvalue weighted by Gasteiger charge is 2.38. The number of nitrogens with zero attached hydrogens (tertiary/aromatic N) is 1. The van der Waals surface area contributed by atoms with Crippen molar-refractivity contribution < 1.29 is 19.4 Å². The maximum atomic E-state index is 11.4. The molecule has 5 heteroatoms. The Morgan fingerprint density at radius 3 is 2.43 bits per heavy atom. The Labute approximate surface area is 122 Å². The summed E-state index contributed by atoms with van der Waals surface area (Å²) in [5.41, 5.74) is -0.640. The molecule has 1 aliphatic rings. The molecular weight excluding hydrogens is 270 g/mol. The molecule has 0 unspecified atom stereocenters. The zero-order chi connectivity index (χ0) is 14.9. The molecule has 0 bridgehead atoms. The molecule has 1 aromatic heterocycles. The van der Waals surface area contributed by atoms with E-state index in [0.29, 0.717) is 18.4 Å². The summed E-state index contributed by atoms with van der Waals surface area (Å²) in [4.78, 5) is 15.5. The number of hydrogen-bond acceptors (Lipinski definition) is 4. The van der Waals surface area contributed by atoms with Crippen molar-refractivity contribution in [2.45, 2.75) is 37.7 Å². The molecule has 2 aromatic rings. The molecule has 0 aliphatic heterocycles. The summed E-state index contributed by atoms with van der Waals surface area (Å²) in [6.07, 6.45) is 3.96. The molecule has 1 saturated carbocycles. The fourth-order valence-electron chi connectivity index (χ4n) is 2.80. The Kier molecular flexibility index (Phi) is 3.51. The van der Waals surface area contributed by atoms with Crippen LogP contribution in [0.5, 0.6) is 0 Å². The van der Waals surface area contributed by atoms with Gasteiger partial charge in [-0.15, -0.1) is 0 Å². The van der Waals surface area contributed by atoms with E-state index in [-0.39, 0.29) is 17.3 Å². The molecule has 110 valence electrons. The smallest absolute Gasteiger partial charge is 0.358 e. The first-order valence-corrected chi connectivity index (χ1v) is 7.12. The maximum Gasteiger partial charge on any atom is 0.358 e. The van der Waals surface area contributed by atoms with Gasteiger partial charge in [0, 0.05) is 5.56 Å². The predicted molar refractivity (Wildman–Crippen MR) is 75.9 cm³/mol. The summed E-state index contributed by atoms with van der Waals surface area (Å²) in [7, 11) is 0. The maximum absolute atomic E-state index is 11.4. The van der Waals surface area contributed by atoms with Crippen molar-refractivity contribution in [2.24, 2.45) is 0 Å². The van der Waals surface area contributed by atoms with Gasteiger partial charge >= 0.3 is 5.97 Å². The Hall–Kier alpha value is -2.14. The van der Waals surface area contributed by atoms with Crippen molar-refractivity contribution >= 4 is 5.97 Å². The summed E-state index contributed by atoms with van der Waals surface area (Å²) in [5, 5.41) is 20.0. The monoisotopic (exact) mass is 287 g/mol. The van der Waals surface area contributed by atoms with E-state index in [1.165, 1.54) is 0 Å². The van der Waals surface area contributed by atoms with Crippen LogP contribution in [-0.4, -0.2) is 21.2 Å². The number of carboxylic acid groups (broad SMARTS) is 1. The molecule has 1 heterocycles. The van der Waals surface area contributed by atoms with Gasteiger partial charge in [-0.1, -0.05) is 49.6 Å². The van der Waals surface area contributed by atoms with Crippen LogP contribution in [0.4, 0.5) is 0 Å². The lowest BCUT2D eigenvalue weighted by atomic mass is 9.85. The van der Waals surface area contributed by atoms with Gasteiger partial charge < -0.3 is 14.6 Å². The Morgan fingerprint density at radius 2 is 1.81 bits per heavy atom. The summed E-state index contributed by atoms with van der Waals surface area (Å²) in [5.74, 6) is -0.821. The van der Waals surface area contributed by atoms with Crippen molar-refractivity contribution in [1.82, 2.24) is 4.98 Å². The number of carbonyl (C=O) groups is 1. The van der Waals surface area contributed by atoms with Crippen LogP contribution in [0, 0.1) is 0 Å². The lowest BCUT2D eigenvalue weighted by Gasteiger charge is -2.28. The van der Waals surface area contributed by atoms with E-state index >= 15 is 0 Å². The van der Waals surface area contributed by atoms with Crippen LogP contribution >= 0.6 is 0 Å². The average Bonchev–Trinajstić information content (AvgIpc) is 2.95. The first kappa shape index (κ1) is 13.8. The van der Waals surface area contributed by atoms with Crippen LogP contribution < -0.4 is 0 Å². The van der Waals surface area contributed by atoms with Crippen LogP contribution in [0.3, 0.4) is 0 Å². The van der Waals surface area contributed by atoms with Crippen molar-refractivity contribution in [3.63, 3.8) is 0 Å². The van der Waals surface area contributed by atoms with Crippen LogP contribution in [0.25, 0.3) is 11.3 Å². The van der Waals surface area contributed by atoms with Crippen LogP contribution in [0.1, 0.15) is 48.5 Å². The summed E-state index contributed by atoms with van der Waals surface area (Å²) in [6.45, 7) is 0. The van der Waals surface area contributed by atoms with Gasteiger partial charge in [0.25, 0.3) is 0 Å². The third-order valence-corrected chi connectivity index (χ3v) is 3.94. The highest BCUT2D eigenvalue weighted by atomic mass is 16.4. The largest absolute Gasteiger partial charge is 0.476 e. The fourth-order valence-corrected chi connectivity index (χ4v) is 2.80. The summed E-state index contributed by atoms with van der Waals surface area (Å²) < 4.78 is 5.66. The van der Waals surface area contributed by atoms with Crippen molar-refractivity contribution in [3.8, 4) is 11.3 Å². The predicted octanol–water partition coefficient (Wildman–Crippen LogP) is 3.19. The fraction of sp³-hybridized carbons (Fsp3) is 0.375. The van der Waals surface area contributed by atoms with Gasteiger partial charge in [-0.25, -0.2) is 9.78 Å². The highest BCUT2D eigenvalue weighted by molar-refractivity contribution is 5.92. The van der Waals surface area contributed by atoms with E-state index in [0.717, 1.165) is 19.3 Å². The Bertz CT molecular complexity index is 642. The van der Waals surface area contributed by atoms with Gasteiger partial charge in [0.05, 0.1) is 0 Å². The molecule has 5 nitrogen and oxygen atoms in total. The average molecular weight is 287 g/mol. The molecule has 1 aromatic carbocycles. The van der Waals surface area contributed by atoms with E-state index in [4.69, 9.17) is 4.42 Å². The van der Waals surface area contributed by atoms with E-state index < -0.39 is 11.6 Å². The number of aromatic carboxylic acids is 1. The van der Waals surface area contributed by atoms with E-state index in [9.17, 15) is 15.0 Å². The Morgan fingerprint density at radius 1 is 1.14 bits per heavy atom. The lowest BCUT2D eigenvalue weighted by Crippen LogP contribution is -2.28. The quantitative estimate of drug-likeness (QED) is 0.905. The van der Waals surface area contributed by atoms with E-state index in [1.54, 1.807) is 24.3 Å². The molecule has 1 fully saturated rings. The molecule has 3 rings (SSSR count). The normalized spacial score (nSPS) is 17.6. The summed E-state index contributed by atoms with van der Waals surface area (Å²) in [6, 6.07) is 8.98. The molecule has 0 saturated heterocycles. The molecule has 0 amide bonds. The third-order valence-electron chi connectivity index (χ3n) is 3.94. The number of hydrogen-bond donors (Lipinski definition) is 2. The van der Waals surface area contributed by atoms with Crippen molar-refractivity contribution in [1.29, 1.82) is 0 Å². The van der Waals surface area contributed by atoms with Crippen molar-refractivity contribution in [3.05, 3.63) is 41.9 Å². The van der Waals surface area contributed by atoms with Gasteiger partial charge in [0.15, 0.2) is 11.5 Å². The Balaban J connectivity index is 2.07. The van der Waals surface area contributed by atoms with E-state index in [2.05, 4.69) is 4.98 Å². The number of aromatic nitrogens is 1. The minimum absolute atomic E-state index is 0.124. The van der Waals surface area contributed by atoms with Gasteiger partial charge in [-0.05, 0) is 12.8 Å². The van der Waals surface area contributed by atoms with Gasteiger partial charge in [-0.3, -0.25) is 0 Å². The first-order valence-electron chi connectivity index (χ1n) is 7.12. The van der Waals surface area contributed by atoms with Crippen LogP contribution in [0.15, 0.2) is 34.7 Å². The van der Waals surface area contributed by atoms with E-state index in [1.807, 2.05) is 6.07 Å². The first-order chi connectivity index (χ1) is 10.1. The molecule has 2 N–H and O–H groups in total. The number of rotatable bonds is 3. The van der Waals surface area contributed by atoms with Crippen LogP contribution in [-0.2, 0) is 5.60 Å². The molecule has 1 aliphatic carbocycles. The van der Waals surface area contributed by atoms with Gasteiger partial charge in [-0.2, -0.15) is 0 Å². The SMILES string of the molecule is O=C(O)c1nc(C2(O)CCCCC2)oc1-c1ccccc1. The van der Waals surface area contributed by atoms with Gasteiger partial charge in [0.2, 0.25) is 5.89 Å². The molecule has 0 radical (unpaired) electrons. The lowest BCUT2D eigenvalue weighted by molar-refractivity contribution is -0.0242. The third kappa shape index (κ3) is 2.56. The van der Waals surface area contributed by atoms with Crippen LogP contribution in [0.2, 0.25) is 0 Å². The number of carboxylic acids is 1. The van der Waals surface area contributed by atoms with Crippen molar-refractivity contribution in [2.75, 3.05) is 0 Å². The molecule has 0 spiro atoms. The number of benzene rings is 1. The standard InChI is InChI=1S/C16H17NO4/c18-14(19)12-13(11-7-3-1-4-8-11)21-15(17-12)16(20)9-5-2-6-10-16/h1,3-4,7-8,20H,2,5-6,9-10H2,(H,18,19). The minimum Gasteiger partial charge on any atom is -0.476 e. The van der Waals surface area contributed by atoms with Gasteiger partial charge in [0.1, 0.15) is 5.60 Å². The second-order valence-corrected chi connectivity index (χ2v) is 5.46. The number of oxazole rings is 1.